The molecule has 1 atom stereocenters. The fourth-order valence-corrected chi connectivity index (χ4v) is 2.75. The Morgan fingerprint density at radius 1 is 1.53 bits per heavy atom. The van der Waals surface area contributed by atoms with Gasteiger partial charge in [-0.2, -0.15) is 4.37 Å². The van der Waals surface area contributed by atoms with Crippen LogP contribution in [0.1, 0.15) is 0 Å². The van der Waals surface area contributed by atoms with E-state index < -0.39 is 6.10 Å². The van der Waals surface area contributed by atoms with Gasteiger partial charge >= 0.3 is 0 Å². The number of halogens is 2. The summed E-state index contributed by atoms with van der Waals surface area (Å²) in [5.74, 6) is 0.435. The topological polar surface area (TPSA) is 67.3 Å². The molecule has 2 aromatic rings. The van der Waals surface area contributed by atoms with Crippen molar-refractivity contribution in [1.29, 1.82) is 0 Å². The highest BCUT2D eigenvalue weighted by atomic mass is 127. The Balaban J connectivity index is 1.78. The highest BCUT2D eigenvalue weighted by Gasteiger charge is 2.08. The van der Waals surface area contributed by atoms with Crippen molar-refractivity contribution in [2.45, 2.75) is 6.10 Å². The quantitative estimate of drug-likeness (QED) is 0.716. The van der Waals surface area contributed by atoms with Crippen molar-refractivity contribution in [1.82, 2.24) is 8.75 Å². The van der Waals surface area contributed by atoms with E-state index in [2.05, 4.69) is 36.7 Å². The highest BCUT2D eigenvalue weighted by Crippen LogP contribution is 2.22. The Labute approximate surface area is 133 Å². The summed E-state index contributed by atoms with van der Waals surface area (Å²) in [6.07, 6.45) is 0.889. The fraction of sp³-hybridized carbons (Fsp3) is 0.273. The number of rotatable bonds is 6. The van der Waals surface area contributed by atoms with E-state index in [0.29, 0.717) is 17.4 Å². The van der Waals surface area contributed by atoms with E-state index in [1.54, 1.807) is 6.07 Å². The molecule has 0 fully saturated rings. The molecule has 0 aliphatic heterocycles. The third kappa shape index (κ3) is 4.75. The molecule has 2 N–H and O–H groups in total. The SMILES string of the molecule is OC(CNc1ccc(Cl)cc1I)COc1cnsn1. The Bertz CT molecular complexity index is 527. The van der Waals surface area contributed by atoms with Crippen LogP contribution in [-0.2, 0) is 0 Å². The Kier molecular flexibility index (Phi) is 5.61. The van der Waals surface area contributed by atoms with Gasteiger partial charge in [0, 0.05) is 20.8 Å². The van der Waals surface area contributed by atoms with Gasteiger partial charge in [0.1, 0.15) is 18.9 Å². The second-order valence-corrected chi connectivity index (χ2v) is 5.87. The minimum absolute atomic E-state index is 0.169. The van der Waals surface area contributed by atoms with Gasteiger partial charge in [-0.3, -0.25) is 0 Å². The molecule has 0 saturated heterocycles. The molecule has 0 aliphatic rings. The van der Waals surface area contributed by atoms with E-state index in [1.807, 2.05) is 12.1 Å². The van der Waals surface area contributed by atoms with Crippen molar-refractivity contribution in [3.8, 4) is 5.88 Å². The van der Waals surface area contributed by atoms with Gasteiger partial charge in [0.2, 0.25) is 5.88 Å². The summed E-state index contributed by atoms with van der Waals surface area (Å²) in [5, 5.41) is 13.6. The molecular weight excluding hydrogens is 401 g/mol. The lowest BCUT2D eigenvalue weighted by molar-refractivity contribution is 0.115. The molecular formula is C11H11ClIN3O2S. The minimum atomic E-state index is -0.631. The van der Waals surface area contributed by atoms with Crippen molar-refractivity contribution in [3.05, 3.63) is 33.0 Å². The zero-order valence-corrected chi connectivity index (χ0v) is 13.4. The summed E-state index contributed by atoms with van der Waals surface area (Å²) in [6.45, 7) is 0.553. The number of hydrogen-bond donors (Lipinski definition) is 2. The highest BCUT2D eigenvalue weighted by molar-refractivity contribution is 14.1. The molecule has 5 nitrogen and oxygen atoms in total. The Morgan fingerprint density at radius 3 is 3.05 bits per heavy atom. The molecule has 1 unspecified atom stereocenters. The molecule has 0 spiro atoms. The van der Waals surface area contributed by atoms with Crippen molar-refractivity contribution in [3.63, 3.8) is 0 Å². The number of aromatic nitrogens is 2. The summed E-state index contributed by atoms with van der Waals surface area (Å²) < 4.78 is 14.0. The number of ether oxygens (including phenoxy) is 1. The van der Waals surface area contributed by atoms with Crippen molar-refractivity contribution < 1.29 is 9.84 Å². The maximum atomic E-state index is 9.79. The average molecular weight is 412 g/mol. The van der Waals surface area contributed by atoms with Gasteiger partial charge in [0.05, 0.1) is 11.7 Å². The lowest BCUT2D eigenvalue weighted by Crippen LogP contribution is -2.26. The van der Waals surface area contributed by atoms with Crippen molar-refractivity contribution in [2.24, 2.45) is 0 Å². The number of benzene rings is 1. The van der Waals surface area contributed by atoms with E-state index in [9.17, 15) is 5.11 Å². The summed E-state index contributed by atoms with van der Waals surface area (Å²) in [6, 6.07) is 5.53. The molecule has 1 heterocycles. The summed E-state index contributed by atoms with van der Waals surface area (Å²) in [4.78, 5) is 0. The van der Waals surface area contributed by atoms with Gasteiger partial charge in [0.15, 0.2) is 0 Å². The molecule has 19 heavy (non-hydrogen) atoms. The van der Waals surface area contributed by atoms with Gasteiger partial charge in [-0.05, 0) is 40.8 Å². The average Bonchev–Trinajstić information content (AvgIpc) is 2.88. The largest absolute Gasteiger partial charge is 0.473 e. The third-order valence-corrected chi connectivity index (χ3v) is 3.81. The number of hydrogen-bond acceptors (Lipinski definition) is 6. The van der Waals surface area contributed by atoms with Gasteiger partial charge < -0.3 is 15.2 Å². The molecule has 0 bridgehead atoms. The minimum Gasteiger partial charge on any atom is -0.473 e. The van der Waals surface area contributed by atoms with Gasteiger partial charge in [0.25, 0.3) is 0 Å². The van der Waals surface area contributed by atoms with E-state index in [0.717, 1.165) is 21.0 Å². The van der Waals surface area contributed by atoms with Crippen LogP contribution in [0.25, 0.3) is 0 Å². The first-order chi connectivity index (χ1) is 9.15. The van der Waals surface area contributed by atoms with Crippen LogP contribution in [0.2, 0.25) is 5.02 Å². The van der Waals surface area contributed by atoms with E-state index >= 15 is 0 Å². The zero-order valence-electron chi connectivity index (χ0n) is 9.72. The molecule has 8 heteroatoms. The molecule has 2 rings (SSSR count). The van der Waals surface area contributed by atoms with E-state index in [-0.39, 0.29) is 6.61 Å². The second-order valence-electron chi connectivity index (χ2n) is 3.72. The summed E-state index contributed by atoms with van der Waals surface area (Å²) in [5.41, 5.74) is 0.930. The van der Waals surface area contributed by atoms with Crippen LogP contribution >= 0.6 is 45.9 Å². The van der Waals surface area contributed by atoms with E-state index in [1.165, 1.54) is 6.20 Å². The van der Waals surface area contributed by atoms with Gasteiger partial charge in [-0.25, -0.2) is 0 Å². The van der Waals surface area contributed by atoms with Crippen molar-refractivity contribution in [2.75, 3.05) is 18.5 Å². The number of aliphatic hydroxyl groups is 1. The third-order valence-electron chi connectivity index (χ3n) is 2.22. The Hall–Kier alpha value is -0.640. The van der Waals surface area contributed by atoms with Crippen LogP contribution in [0.15, 0.2) is 24.4 Å². The molecule has 0 radical (unpaired) electrons. The van der Waals surface area contributed by atoms with Crippen LogP contribution < -0.4 is 10.1 Å². The molecule has 1 aromatic heterocycles. The van der Waals surface area contributed by atoms with Crippen molar-refractivity contribution >= 4 is 51.6 Å². The molecule has 0 amide bonds. The second kappa shape index (κ2) is 7.22. The fourth-order valence-electron chi connectivity index (χ4n) is 1.32. The molecule has 1 aromatic carbocycles. The Morgan fingerprint density at radius 2 is 2.37 bits per heavy atom. The normalized spacial score (nSPS) is 12.2. The number of nitrogens with zero attached hydrogens (tertiary/aromatic N) is 2. The monoisotopic (exact) mass is 411 g/mol. The first-order valence-corrected chi connectivity index (χ1v) is 7.61. The van der Waals surface area contributed by atoms with Crippen LogP contribution in [-0.4, -0.2) is 33.1 Å². The summed E-state index contributed by atoms with van der Waals surface area (Å²) in [7, 11) is 0. The number of nitrogens with one attached hydrogen (secondary N) is 1. The smallest absolute Gasteiger partial charge is 0.245 e. The number of anilines is 1. The van der Waals surface area contributed by atoms with E-state index in [4.69, 9.17) is 16.3 Å². The lowest BCUT2D eigenvalue weighted by atomic mass is 10.3. The predicted octanol–water partition coefficient (Wildman–Crippen LogP) is 2.65. The lowest BCUT2D eigenvalue weighted by Gasteiger charge is -2.13. The van der Waals surface area contributed by atoms with Crippen LogP contribution in [0, 0.1) is 3.57 Å². The van der Waals surface area contributed by atoms with Gasteiger partial charge in [-0.15, -0.1) is 4.37 Å². The van der Waals surface area contributed by atoms with Crippen LogP contribution in [0.3, 0.4) is 0 Å². The standard InChI is InChI=1S/C11H11ClIN3O2S/c12-7-1-2-10(9(13)3-7)14-4-8(17)6-18-11-5-15-19-16-11/h1-3,5,8,14,17H,4,6H2. The zero-order chi connectivity index (χ0) is 13.7. The molecule has 102 valence electrons. The molecule has 0 aliphatic carbocycles. The van der Waals surface area contributed by atoms with Crippen LogP contribution in [0.5, 0.6) is 5.88 Å². The first-order valence-electron chi connectivity index (χ1n) is 5.42. The first kappa shape index (κ1) is 14.8. The van der Waals surface area contributed by atoms with Gasteiger partial charge in [-0.1, -0.05) is 11.6 Å². The molecule has 0 saturated carbocycles. The number of aliphatic hydroxyl groups excluding tert-OH is 1. The van der Waals surface area contributed by atoms with Crippen LogP contribution in [0.4, 0.5) is 5.69 Å². The maximum absolute atomic E-state index is 9.79. The summed E-state index contributed by atoms with van der Waals surface area (Å²) >= 11 is 9.13. The maximum Gasteiger partial charge on any atom is 0.245 e. The predicted molar refractivity (Wildman–Crippen MR) is 84.1 cm³/mol.